The predicted octanol–water partition coefficient (Wildman–Crippen LogP) is 3.72. The number of hydrogen-bond acceptors (Lipinski definition) is 6. The van der Waals surface area contributed by atoms with Crippen LogP contribution in [0.2, 0.25) is 5.28 Å². The van der Waals surface area contributed by atoms with Crippen LogP contribution in [0.1, 0.15) is 5.56 Å². The molecule has 4 N–H and O–H groups in total. The molecule has 0 atom stereocenters. The largest absolute Gasteiger partial charge is 0.508 e. The van der Waals surface area contributed by atoms with E-state index in [-0.39, 0.29) is 28.1 Å². The maximum Gasteiger partial charge on any atom is 0.224 e. The standard InChI is InChI=1S/C15H13ClFN5O/c1-9(23)11-8-20-15(16)22-14(11)21-10-3-4-13(12(17)7-10)19-6-2-5-18/h2-8,23H,1,18H2,(H,20,21,22). The highest BCUT2D eigenvalue weighted by Gasteiger charge is 2.10. The van der Waals surface area contributed by atoms with Crippen LogP contribution in [0.4, 0.5) is 21.6 Å². The van der Waals surface area contributed by atoms with Crippen molar-refractivity contribution < 1.29 is 9.50 Å². The molecule has 2 rings (SSSR count). The first-order valence-corrected chi connectivity index (χ1v) is 6.77. The Morgan fingerprint density at radius 2 is 2.26 bits per heavy atom. The summed E-state index contributed by atoms with van der Waals surface area (Å²) in [4.78, 5) is 11.6. The third kappa shape index (κ3) is 4.27. The fraction of sp³-hybridized carbons (Fsp3) is 0. The Morgan fingerprint density at radius 1 is 1.48 bits per heavy atom. The summed E-state index contributed by atoms with van der Waals surface area (Å²) in [5.74, 6) is -0.570. The molecule has 0 spiro atoms. The number of aromatic nitrogens is 2. The van der Waals surface area contributed by atoms with Gasteiger partial charge in [-0.1, -0.05) is 6.58 Å². The van der Waals surface area contributed by atoms with E-state index in [4.69, 9.17) is 17.3 Å². The van der Waals surface area contributed by atoms with E-state index < -0.39 is 5.82 Å². The first-order valence-electron chi connectivity index (χ1n) is 6.39. The minimum atomic E-state index is -0.541. The molecular weight excluding hydrogens is 321 g/mol. The number of anilines is 2. The highest BCUT2D eigenvalue weighted by molar-refractivity contribution is 6.28. The van der Waals surface area contributed by atoms with Gasteiger partial charge >= 0.3 is 0 Å². The Balaban J connectivity index is 2.29. The first kappa shape index (κ1) is 16.4. The van der Waals surface area contributed by atoms with Crippen LogP contribution >= 0.6 is 11.6 Å². The minimum Gasteiger partial charge on any atom is -0.508 e. The molecule has 0 bridgehead atoms. The van der Waals surface area contributed by atoms with Crippen molar-refractivity contribution in [2.45, 2.75) is 0 Å². The van der Waals surface area contributed by atoms with Crippen LogP contribution in [0, 0.1) is 5.82 Å². The number of nitrogens with two attached hydrogens (primary N) is 1. The number of benzene rings is 1. The van der Waals surface area contributed by atoms with Crippen molar-refractivity contribution in [1.82, 2.24) is 9.97 Å². The van der Waals surface area contributed by atoms with E-state index in [9.17, 15) is 9.50 Å². The minimum absolute atomic E-state index is 0.0206. The topological polar surface area (TPSA) is 96.4 Å². The number of halogens is 2. The van der Waals surface area contributed by atoms with Crippen molar-refractivity contribution in [3.05, 3.63) is 59.9 Å². The SMILES string of the molecule is C=C(O)c1cnc(Cl)nc1Nc1ccc(N=CC=CN)c(F)c1. The molecule has 23 heavy (non-hydrogen) atoms. The summed E-state index contributed by atoms with van der Waals surface area (Å²) < 4.78 is 14.0. The molecule has 8 heteroatoms. The number of hydrogen-bond donors (Lipinski definition) is 3. The van der Waals surface area contributed by atoms with Crippen LogP contribution in [-0.2, 0) is 0 Å². The zero-order valence-corrected chi connectivity index (χ0v) is 12.6. The molecular formula is C15H13ClFN5O. The molecule has 0 aliphatic rings. The average molecular weight is 334 g/mol. The Labute approximate surface area is 136 Å². The smallest absolute Gasteiger partial charge is 0.224 e. The van der Waals surface area contributed by atoms with Gasteiger partial charge in [0.15, 0.2) is 5.82 Å². The number of aliphatic hydroxyl groups is 1. The molecule has 0 amide bonds. The van der Waals surface area contributed by atoms with Gasteiger partial charge in [-0.2, -0.15) is 4.98 Å². The van der Waals surface area contributed by atoms with Gasteiger partial charge in [0.05, 0.1) is 11.3 Å². The summed E-state index contributed by atoms with van der Waals surface area (Å²) >= 11 is 5.73. The zero-order chi connectivity index (χ0) is 16.8. The quantitative estimate of drug-likeness (QED) is 0.440. The van der Waals surface area contributed by atoms with Crippen molar-refractivity contribution in [3.63, 3.8) is 0 Å². The lowest BCUT2D eigenvalue weighted by atomic mass is 10.2. The van der Waals surface area contributed by atoms with Gasteiger partial charge < -0.3 is 16.2 Å². The van der Waals surface area contributed by atoms with E-state index in [0.717, 1.165) is 0 Å². The molecule has 2 aromatic rings. The van der Waals surface area contributed by atoms with Crippen molar-refractivity contribution in [2.24, 2.45) is 10.7 Å². The maximum absolute atomic E-state index is 14.0. The number of nitrogens with zero attached hydrogens (tertiary/aromatic N) is 3. The van der Waals surface area contributed by atoms with Crippen molar-refractivity contribution >= 4 is 40.8 Å². The third-order valence-corrected chi connectivity index (χ3v) is 2.87. The van der Waals surface area contributed by atoms with E-state index >= 15 is 0 Å². The van der Waals surface area contributed by atoms with Crippen LogP contribution in [0.5, 0.6) is 0 Å². The van der Waals surface area contributed by atoms with Gasteiger partial charge in [0.2, 0.25) is 5.28 Å². The van der Waals surface area contributed by atoms with Gasteiger partial charge in [0.1, 0.15) is 11.6 Å². The van der Waals surface area contributed by atoms with Crippen LogP contribution in [0.15, 0.2) is 48.2 Å². The summed E-state index contributed by atoms with van der Waals surface area (Å²) in [5, 5.41) is 12.4. The van der Waals surface area contributed by atoms with Crippen LogP contribution in [0.25, 0.3) is 5.76 Å². The van der Waals surface area contributed by atoms with E-state index in [1.54, 1.807) is 6.07 Å². The summed E-state index contributed by atoms with van der Waals surface area (Å²) in [6, 6.07) is 4.31. The summed E-state index contributed by atoms with van der Waals surface area (Å²) in [5.41, 5.74) is 5.97. The molecule has 0 saturated heterocycles. The Hall–Kier alpha value is -2.93. The Morgan fingerprint density at radius 3 is 2.91 bits per heavy atom. The van der Waals surface area contributed by atoms with Gasteiger partial charge in [-0.05, 0) is 42.1 Å². The number of aliphatic imine (C=N–C) groups is 1. The number of nitrogens with one attached hydrogen (secondary N) is 1. The van der Waals surface area contributed by atoms with Crippen molar-refractivity contribution in [2.75, 3.05) is 5.32 Å². The predicted molar refractivity (Wildman–Crippen MR) is 89.9 cm³/mol. The first-order chi connectivity index (χ1) is 11.0. The lowest BCUT2D eigenvalue weighted by molar-refractivity contribution is 0.513. The second-order valence-corrected chi connectivity index (χ2v) is 4.64. The molecule has 0 aliphatic carbocycles. The lowest BCUT2D eigenvalue weighted by Crippen LogP contribution is -2.00. The fourth-order valence-corrected chi connectivity index (χ4v) is 1.80. The molecule has 0 aliphatic heterocycles. The van der Waals surface area contributed by atoms with E-state index in [2.05, 4.69) is 26.9 Å². The van der Waals surface area contributed by atoms with Crippen LogP contribution in [0.3, 0.4) is 0 Å². The lowest BCUT2D eigenvalue weighted by Gasteiger charge is -2.10. The second kappa shape index (κ2) is 7.37. The monoisotopic (exact) mass is 333 g/mol. The summed E-state index contributed by atoms with van der Waals surface area (Å²) in [6.07, 6.45) is 5.46. The summed E-state index contributed by atoms with van der Waals surface area (Å²) in [7, 11) is 0. The molecule has 0 unspecified atom stereocenters. The highest BCUT2D eigenvalue weighted by Crippen LogP contribution is 2.26. The molecule has 0 saturated carbocycles. The van der Waals surface area contributed by atoms with Gasteiger partial charge in [-0.3, -0.25) is 4.99 Å². The number of allylic oxidation sites excluding steroid dienone is 1. The molecule has 118 valence electrons. The fourth-order valence-electron chi connectivity index (χ4n) is 1.67. The molecule has 1 heterocycles. The van der Waals surface area contributed by atoms with Gasteiger partial charge in [-0.15, -0.1) is 0 Å². The van der Waals surface area contributed by atoms with Crippen molar-refractivity contribution in [1.29, 1.82) is 0 Å². The second-order valence-electron chi connectivity index (χ2n) is 4.30. The van der Waals surface area contributed by atoms with Crippen molar-refractivity contribution in [3.8, 4) is 0 Å². The van der Waals surface area contributed by atoms with Crippen LogP contribution in [-0.4, -0.2) is 21.3 Å². The molecule has 6 nitrogen and oxygen atoms in total. The highest BCUT2D eigenvalue weighted by atomic mass is 35.5. The molecule has 1 aromatic heterocycles. The third-order valence-electron chi connectivity index (χ3n) is 2.69. The maximum atomic E-state index is 14.0. The zero-order valence-electron chi connectivity index (χ0n) is 11.9. The average Bonchev–Trinajstić information content (AvgIpc) is 2.49. The normalized spacial score (nSPS) is 11.2. The number of rotatable bonds is 5. The number of aliphatic hydroxyl groups excluding tert-OH is 1. The van der Waals surface area contributed by atoms with E-state index in [1.807, 2.05) is 0 Å². The summed E-state index contributed by atoms with van der Waals surface area (Å²) in [6.45, 7) is 3.41. The van der Waals surface area contributed by atoms with Gasteiger partial charge in [0, 0.05) is 18.1 Å². The molecule has 0 fully saturated rings. The van der Waals surface area contributed by atoms with Gasteiger partial charge in [-0.25, -0.2) is 9.37 Å². The Kier molecular flexibility index (Phi) is 5.27. The molecule has 0 radical (unpaired) electrons. The van der Waals surface area contributed by atoms with E-state index in [0.29, 0.717) is 5.69 Å². The van der Waals surface area contributed by atoms with Gasteiger partial charge in [0.25, 0.3) is 0 Å². The molecule has 1 aromatic carbocycles. The Bertz CT molecular complexity index is 791. The van der Waals surface area contributed by atoms with Crippen LogP contribution < -0.4 is 11.1 Å². The van der Waals surface area contributed by atoms with E-state index in [1.165, 1.54) is 36.8 Å².